The maximum Gasteiger partial charge on any atom is 2.00 e. The third-order valence-electron chi connectivity index (χ3n) is 9.97. The van der Waals surface area contributed by atoms with Crippen molar-refractivity contribution in [1.82, 2.24) is 9.97 Å². The molecule has 240 valence electrons. The Bertz CT molecular complexity index is 1990. The molecule has 8 bridgehead atoms. The molecule has 0 amide bonds. The molecule has 2 aromatic rings. The minimum Gasteiger partial charge on any atom is -0.664 e. The summed E-state index contributed by atoms with van der Waals surface area (Å²) < 4.78 is 10.1. The van der Waals surface area contributed by atoms with Crippen molar-refractivity contribution in [2.45, 2.75) is 53.9 Å². The van der Waals surface area contributed by atoms with Crippen LogP contribution in [0.25, 0.3) is 35.5 Å². The van der Waals surface area contributed by atoms with Crippen LogP contribution in [0, 0.1) is 31.6 Å². The zero-order valence-corrected chi connectivity index (χ0v) is 29.4. The maximum absolute atomic E-state index is 14.1. The number of allylic oxidation sites excluding steroid dienone is 6. The first-order valence-corrected chi connectivity index (χ1v) is 15.5. The fraction of sp³-hybridized carbons (Fsp3) is 0.361. The van der Waals surface area contributed by atoms with Crippen LogP contribution in [0.1, 0.15) is 67.3 Å². The zero-order valence-electron chi connectivity index (χ0n) is 28.0. The molecule has 3 aliphatic heterocycles. The number of esters is 2. The third-order valence-corrected chi connectivity index (χ3v) is 9.97. The Morgan fingerprint density at radius 1 is 1.04 bits per heavy atom. The number of fused-ring (bicyclic) bond motifs is 7. The number of rotatable bonds is 6. The molecule has 0 aromatic carbocycles. The van der Waals surface area contributed by atoms with Crippen molar-refractivity contribution in [3.8, 4) is 0 Å². The van der Waals surface area contributed by atoms with Crippen molar-refractivity contribution in [2.24, 2.45) is 17.8 Å². The number of quaternary nitrogens is 1. The number of hydrogen-bond donors (Lipinski definition) is 1. The van der Waals surface area contributed by atoms with E-state index in [1.165, 1.54) is 14.2 Å². The molecular weight excluding hydrogens is 607 g/mol. The van der Waals surface area contributed by atoms with Crippen molar-refractivity contribution in [2.75, 3.05) is 14.2 Å². The minimum atomic E-state index is -1.26. The van der Waals surface area contributed by atoms with Gasteiger partial charge in [0.25, 0.3) is 0 Å². The van der Waals surface area contributed by atoms with Crippen LogP contribution in [0.15, 0.2) is 46.1 Å². The molecule has 0 spiro atoms. The van der Waals surface area contributed by atoms with E-state index in [0.29, 0.717) is 45.9 Å². The summed E-state index contributed by atoms with van der Waals surface area (Å²) in [5, 5.41) is 6.76. The Balaban J connectivity index is 0.00000433. The number of nitrogens with one attached hydrogen (secondary N) is 2. The van der Waals surface area contributed by atoms with Gasteiger partial charge in [0.1, 0.15) is 17.3 Å². The van der Waals surface area contributed by atoms with Gasteiger partial charge < -0.3 is 35.6 Å². The van der Waals surface area contributed by atoms with Gasteiger partial charge in [0, 0.05) is 17.6 Å². The summed E-state index contributed by atoms with van der Waals surface area (Å²) in [6, 6.07) is 0. The summed E-state index contributed by atoms with van der Waals surface area (Å²) in [5.41, 5.74) is 8.92. The average Bonchev–Trinajstić information content (AvgIpc) is 3.76. The van der Waals surface area contributed by atoms with E-state index in [0.717, 1.165) is 50.8 Å². The number of aromatic nitrogens is 2. The van der Waals surface area contributed by atoms with Crippen molar-refractivity contribution in [3.63, 3.8) is 0 Å². The number of methoxy groups -OCH3 is 2. The van der Waals surface area contributed by atoms with Crippen LogP contribution >= 0.6 is 0 Å². The average molecular weight is 645 g/mol. The van der Waals surface area contributed by atoms with Crippen molar-refractivity contribution in [1.29, 1.82) is 0 Å². The predicted octanol–water partition coefficient (Wildman–Crippen LogP) is 2.62. The van der Waals surface area contributed by atoms with Crippen molar-refractivity contribution < 1.29 is 28.9 Å². The van der Waals surface area contributed by atoms with Gasteiger partial charge in [-0.15, -0.1) is 27.8 Å². The van der Waals surface area contributed by atoms with E-state index in [1.807, 2.05) is 45.9 Å². The second-order valence-corrected chi connectivity index (χ2v) is 12.2. The molecule has 4 atom stereocenters. The van der Waals surface area contributed by atoms with E-state index >= 15 is 0 Å². The number of ether oxygens (including phenoxy) is 2. The van der Waals surface area contributed by atoms with Gasteiger partial charge in [0.2, 0.25) is 0 Å². The second kappa shape index (κ2) is 12.9. The van der Waals surface area contributed by atoms with Crippen LogP contribution in [-0.2, 0) is 30.3 Å². The molecule has 1 saturated heterocycles. The van der Waals surface area contributed by atoms with Gasteiger partial charge in [-0.2, -0.15) is 5.70 Å². The van der Waals surface area contributed by atoms with Crippen LogP contribution in [0.5, 0.6) is 0 Å². The monoisotopic (exact) mass is 644 g/mol. The largest absolute Gasteiger partial charge is 2.00 e. The molecule has 1 aliphatic carbocycles. The van der Waals surface area contributed by atoms with Crippen LogP contribution in [0.2, 0.25) is 0 Å². The molecule has 10 nitrogen and oxygen atoms in total. The van der Waals surface area contributed by atoms with E-state index in [9.17, 15) is 20.2 Å². The first kappa shape index (κ1) is 34.4. The van der Waals surface area contributed by atoms with Gasteiger partial charge in [0.15, 0.2) is 5.78 Å². The number of carbonyl (C=O) groups excluding carboxylic acids is 3. The number of nitrogens with zero attached hydrogens (tertiary/aromatic N) is 3. The quantitative estimate of drug-likeness (QED) is 0.290. The Kier molecular flexibility index (Phi) is 9.49. The zero-order chi connectivity index (χ0) is 33.2. The molecule has 11 heteroatoms. The summed E-state index contributed by atoms with van der Waals surface area (Å²) in [6.45, 7) is 14.0. The molecule has 2 N–H and O–H groups in total. The van der Waals surface area contributed by atoms with E-state index < -0.39 is 17.7 Å². The van der Waals surface area contributed by atoms with Gasteiger partial charge in [-0.3, -0.25) is 14.4 Å². The molecule has 1 fully saturated rings. The molecule has 0 saturated carbocycles. The minimum absolute atomic E-state index is 0. The smallest absolute Gasteiger partial charge is 0.664 e. The van der Waals surface area contributed by atoms with Crippen LogP contribution < -0.4 is 25.7 Å². The normalized spacial score (nSPS) is 26.9. The Labute approximate surface area is 290 Å². The molecule has 2 aromatic heterocycles. The van der Waals surface area contributed by atoms with Gasteiger partial charge in [-0.25, -0.2) is 0 Å². The Hall–Kier alpha value is -3.90. The fourth-order valence-electron chi connectivity index (χ4n) is 7.37. The summed E-state index contributed by atoms with van der Waals surface area (Å²) in [4.78, 5) is 49.8. The third kappa shape index (κ3) is 5.29. The number of Topliss-reactive ketones (excluding diaryl/α,β-unsaturated/α-hetero) is 1. The Morgan fingerprint density at radius 3 is 2.40 bits per heavy atom. The van der Waals surface area contributed by atoms with Gasteiger partial charge in [-0.05, 0) is 57.1 Å². The summed E-state index contributed by atoms with van der Waals surface area (Å²) in [6.07, 6.45) is 8.81. The van der Waals surface area contributed by atoms with Crippen LogP contribution in [0.3, 0.4) is 0 Å². The van der Waals surface area contributed by atoms with Crippen LogP contribution in [0.4, 0.5) is 0 Å². The van der Waals surface area contributed by atoms with E-state index in [4.69, 9.17) is 24.8 Å². The summed E-state index contributed by atoms with van der Waals surface area (Å²) in [5.74, 6) is 6.17. The molecule has 4 aliphatic rings. The molecular formula is C36H38MgN5O5-. The van der Waals surface area contributed by atoms with E-state index in [1.54, 1.807) is 6.08 Å². The molecule has 0 radical (unpaired) electrons. The fourth-order valence-corrected chi connectivity index (χ4v) is 7.37. The molecule has 6 rings (SSSR count). The summed E-state index contributed by atoms with van der Waals surface area (Å²) in [7, 11) is 2.60. The van der Waals surface area contributed by atoms with Gasteiger partial charge in [0.05, 0.1) is 19.8 Å². The summed E-state index contributed by atoms with van der Waals surface area (Å²) >= 11 is 0. The predicted molar refractivity (Wildman–Crippen MR) is 179 cm³/mol. The van der Waals surface area contributed by atoms with Crippen molar-refractivity contribution >= 4 is 65.1 Å². The number of carbonyl (C=O) groups is 3. The van der Waals surface area contributed by atoms with E-state index in [-0.39, 0.29) is 52.3 Å². The Morgan fingerprint density at radius 2 is 1.77 bits per heavy atom. The molecule has 1 unspecified atom stereocenters. The van der Waals surface area contributed by atoms with Gasteiger partial charge in [-0.1, -0.05) is 55.3 Å². The maximum atomic E-state index is 14.1. The standard InChI is InChI=1S/C36H39N5O5.Mg/c1-9-20-16(3)23-13-25-18(5)22(11-12-29(42)45-7)33(40-25)31-32(36(44)46-8)35(43)30-19(6)28(41(37)34(30)31)15-27-21(10-2)17(4)24(39-27)14-26(20)38-23;/h9,13-15,18,22,32,37,41H,1,10-12H2,2-8H3,(H,40,43);/q-2;+2/p-1/b24-14-,25-13-,27-15-;/t18-,22-,32+;/m0./s1. The molecule has 47 heavy (non-hydrogen) atoms. The SMILES string of the molecule is C=Cc1c2[n-]c(c1C)/C=C1\[N-]/C(=C3\C4=C(C(=O)[C@@H]3C(=O)OC)C(C)=C(/C=c3\[n-]/c(c(C)c3CC)=C\2)[NH+]4[NH-])[C@@H](CCC(=O)OC)[C@@H]1C.[Mg+2]. The van der Waals surface area contributed by atoms with Gasteiger partial charge >= 0.3 is 35.0 Å². The number of ketones is 1. The first-order valence-electron chi connectivity index (χ1n) is 15.5. The van der Waals surface area contributed by atoms with Crippen LogP contribution in [-0.4, -0.2) is 55.0 Å². The van der Waals surface area contributed by atoms with E-state index in [2.05, 4.69) is 13.5 Å². The van der Waals surface area contributed by atoms with Crippen molar-refractivity contribution in [3.05, 3.63) is 102 Å². The topological polar surface area (TPSA) is 140 Å². The molecule has 5 heterocycles. The number of hydrogen-bond acceptors (Lipinski definition) is 5. The second-order valence-electron chi connectivity index (χ2n) is 12.2. The first-order chi connectivity index (χ1) is 22.0.